The molecule has 0 bridgehead atoms. The highest BCUT2D eigenvalue weighted by Gasteiger charge is 2.29. The van der Waals surface area contributed by atoms with Crippen LogP contribution in [0.2, 0.25) is 0 Å². The quantitative estimate of drug-likeness (QED) is 0.627. The summed E-state index contributed by atoms with van der Waals surface area (Å²) < 4.78 is 0. The topological polar surface area (TPSA) is 52.7 Å². The Balaban J connectivity index is 2.24. The van der Waals surface area contributed by atoms with Crippen molar-refractivity contribution in [3.05, 3.63) is 23.8 Å². The van der Waals surface area contributed by atoms with E-state index in [4.69, 9.17) is 0 Å². The van der Waals surface area contributed by atoms with Crippen molar-refractivity contribution in [2.24, 2.45) is 16.7 Å². The first kappa shape index (κ1) is 24.2. The number of hydrogen-bond acceptors (Lipinski definition) is 3. The largest absolute Gasteiger partial charge is 0.377 e. The van der Waals surface area contributed by atoms with E-state index in [1.807, 2.05) is 37.2 Å². The minimum absolute atomic E-state index is 0.0182. The molecule has 2 rings (SSSR count). The van der Waals surface area contributed by atoms with Gasteiger partial charge < -0.3 is 15.1 Å². The van der Waals surface area contributed by atoms with Gasteiger partial charge in [0.2, 0.25) is 11.8 Å². The molecule has 1 N–H and O–H groups in total. The number of hydrogen-bond donors (Lipinski definition) is 1. The number of benzene rings is 1. The Kier molecular flexibility index (Phi) is 7.59. The van der Waals surface area contributed by atoms with Gasteiger partial charge >= 0.3 is 0 Å². The highest BCUT2D eigenvalue weighted by Crippen LogP contribution is 2.33. The number of carbonyl (C=O) groups is 2. The van der Waals surface area contributed by atoms with Crippen LogP contribution >= 0.6 is 0 Å². The van der Waals surface area contributed by atoms with Gasteiger partial charge in [-0.15, -0.1) is 0 Å². The molecule has 0 saturated heterocycles. The molecule has 168 valence electrons. The second-order valence-electron chi connectivity index (χ2n) is 11.5. The normalized spacial score (nSPS) is 14.4. The molecule has 5 nitrogen and oxygen atoms in total. The molecule has 0 radical (unpaired) electrons. The summed E-state index contributed by atoms with van der Waals surface area (Å²) in [6, 6.07) is 6.01. The maximum atomic E-state index is 13.1. The van der Waals surface area contributed by atoms with E-state index in [1.165, 1.54) is 12.8 Å². The lowest BCUT2D eigenvalue weighted by atomic mass is 9.91. The number of anilines is 2. The number of rotatable bonds is 8. The molecule has 1 fully saturated rings. The lowest BCUT2D eigenvalue weighted by molar-refractivity contribution is -0.134. The SMILES string of the molecule is CN(C)c1ccc(NC(=O)CC(C)(C)C)cc1CN(CC1CC1)C(=O)CC(C)(C)C. The summed E-state index contributed by atoms with van der Waals surface area (Å²) in [5.41, 5.74) is 2.84. The monoisotopic (exact) mass is 415 g/mol. The predicted octanol–water partition coefficient (Wildman–Crippen LogP) is 5.30. The molecule has 2 amide bonds. The number of nitrogens with zero attached hydrogens (tertiary/aromatic N) is 2. The van der Waals surface area contributed by atoms with Crippen molar-refractivity contribution in [1.29, 1.82) is 0 Å². The van der Waals surface area contributed by atoms with Crippen molar-refractivity contribution >= 4 is 23.2 Å². The third-order valence-electron chi connectivity index (χ3n) is 5.11. The van der Waals surface area contributed by atoms with Gasteiger partial charge in [0.25, 0.3) is 0 Å². The molecule has 1 aliphatic rings. The van der Waals surface area contributed by atoms with Crippen LogP contribution in [0.3, 0.4) is 0 Å². The van der Waals surface area contributed by atoms with Crippen molar-refractivity contribution in [2.45, 2.75) is 73.8 Å². The Hall–Kier alpha value is -2.04. The average molecular weight is 416 g/mol. The van der Waals surface area contributed by atoms with Crippen molar-refractivity contribution < 1.29 is 9.59 Å². The van der Waals surface area contributed by atoms with E-state index >= 15 is 0 Å². The van der Waals surface area contributed by atoms with E-state index in [2.05, 4.69) is 51.8 Å². The maximum absolute atomic E-state index is 13.1. The van der Waals surface area contributed by atoms with Gasteiger partial charge in [-0.05, 0) is 53.4 Å². The molecule has 1 aromatic carbocycles. The Morgan fingerprint density at radius 3 is 2.10 bits per heavy atom. The van der Waals surface area contributed by atoms with Crippen LogP contribution in [0.25, 0.3) is 0 Å². The fourth-order valence-electron chi connectivity index (χ4n) is 3.55. The first-order valence-electron chi connectivity index (χ1n) is 11.1. The summed E-state index contributed by atoms with van der Waals surface area (Å²) in [5, 5.41) is 3.04. The molecule has 0 spiro atoms. The van der Waals surface area contributed by atoms with Gasteiger partial charge in [-0.1, -0.05) is 41.5 Å². The molecule has 1 aromatic rings. The van der Waals surface area contributed by atoms with Gasteiger partial charge in [0.05, 0.1) is 0 Å². The number of nitrogens with one attached hydrogen (secondary N) is 1. The third kappa shape index (κ3) is 8.37. The van der Waals surface area contributed by atoms with Crippen LogP contribution < -0.4 is 10.2 Å². The van der Waals surface area contributed by atoms with Gasteiger partial charge in [0.1, 0.15) is 0 Å². The summed E-state index contributed by atoms with van der Waals surface area (Å²) >= 11 is 0. The molecule has 1 aliphatic carbocycles. The van der Waals surface area contributed by atoms with Crippen molar-refractivity contribution in [3.8, 4) is 0 Å². The van der Waals surface area contributed by atoms with Crippen LogP contribution in [0.4, 0.5) is 11.4 Å². The zero-order valence-corrected chi connectivity index (χ0v) is 20.3. The minimum Gasteiger partial charge on any atom is -0.377 e. The Morgan fingerprint density at radius 2 is 1.60 bits per heavy atom. The highest BCUT2D eigenvalue weighted by molar-refractivity contribution is 5.91. The zero-order valence-electron chi connectivity index (χ0n) is 20.3. The molecule has 5 heteroatoms. The molecule has 0 aliphatic heterocycles. The van der Waals surface area contributed by atoms with E-state index in [1.54, 1.807) is 0 Å². The van der Waals surface area contributed by atoms with E-state index in [-0.39, 0.29) is 22.6 Å². The van der Waals surface area contributed by atoms with Crippen LogP contribution in [-0.4, -0.2) is 37.4 Å². The van der Waals surface area contributed by atoms with Crippen molar-refractivity contribution in [3.63, 3.8) is 0 Å². The van der Waals surface area contributed by atoms with Gasteiger partial charge in [-0.25, -0.2) is 0 Å². The van der Waals surface area contributed by atoms with Crippen LogP contribution in [0.15, 0.2) is 18.2 Å². The average Bonchev–Trinajstić information content (AvgIpc) is 3.34. The first-order valence-corrected chi connectivity index (χ1v) is 11.1. The van der Waals surface area contributed by atoms with Gasteiger partial charge in [0.15, 0.2) is 0 Å². The molecule has 1 saturated carbocycles. The maximum Gasteiger partial charge on any atom is 0.224 e. The zero-order chi connectivity index (χ0) is 22.7. The molecule has 30 heavy (non-hydrogen) atoms. The molecular formula is C25H41N3O2. The first-order chi connectivity index (χ1) is 13.7. The second kappa shape index (κ2) is 9.40. The van der Waals surface area contributed by atoms with E-state index in [9.17, 15) is 9.59 Å². The standard InChI is InChI=1S/C25H41N3O2/c1-24(2,3)14-22(29)26-20-11-12-21(27(7)8)19(13-20)17-28(16-18-9-10-18)23(30)15-25(4,5)6/h11-13,18H,9-10,14-17H2,1-8H3,(H,26,29). The fraction of sp³-hybridized carbons (Fsp3) is 0.680. The Labute approximate surface area is 183 Å². The van der Waals surface area contributed by atoms with Crippen LogP contribution in [-0.2, 0) is 16.1 Å². The van der Waals surface area contributed by atoms with E-state index in [0.717, 1.165) is 23.5 Å². The van der Waals surface area contributed by atoms with Crippen LogP contribution in [0, 0.1) is 16.7 Å². The smallest absolute Gasteiger partial charge is 0.224 e. The molecule has 0 atom stereocenters. The number of amides is 2. The molecule has 0 heterocycles. The summed E-state index contributed by atoms with van der Waals surface area (Å²) in [7, 11) is 4.03. The molecule has 0 aromatic heterocycles. The van der Waals surface area contributed by atoms with Crippen molar-refractivity contribution in [1.82, 2.24) is 4.90 Å². The Bertz CT molecular complexity index is 753. The summed E-state index contributed by atoms with van der Waals surface area (Å²) in [5.74, 6) is 0.859. The Morgan fingerprint density at radius 1 is 1.00 bits per heavy atom. The fourth-order valence-corrected chi connectivity index (χ4v) is 3.55. The summed E-state index contributed by atoms with van der Waals surface area (Å²) in [6.45, 7) is 13.9. The van der Waals surface area contributed by atoms with Gasteiger partial charge in [0, 0.05) is 51.4 Å². The van der Waals surface area contributed by atoms with Crippen LogP contribution in [0.5, 0.6) is 0 Å². The molecule has 0 unspecified atom stereocenters. The van der Waals surface area contributed by atoms with Gasteiger partial charge in [-0.2, -0.15) is 0 Å². The third-order valence-corrected chi connectivity index (χ3v) is 5.11. The number of carbonyl (C=O) groups excluding carboxylic acids is 2. The highest BCUT2D eigenvalue weighted by atomic mass is 16.2. The van der Waals surface area contributed by atoms with E-state index in [0.29, 0.717) is 25.3 Å². The lowest BCUT2D eigenvalue weighted by Crippen LogP contribution is -2.35. The molecular weight excluding hydrogens is 374 g/mol. The van der Waals surface area contributed by atoms with Crippen LogP contribution in [0.1, 0.15) is 72.8 Å². The lowest BCUT2D eigenvalue weighted by Gasteiger charge is -2.29. The minimum atomic E-state index is -0.0586. The summed E-state index contributed by atoms with van der Waals surface area (Å²) in [4.78, 5) is 29.6. The van der Waals surface area contributed by atoms with Crippen molar-refractivity contribution in [2.75, 3.05) is 30.9 Å². The van der Waals surface area contributed by atoms with Gasteiger partial charge in [-0.3, -0.25) is 9.59 Å². The predicted molar refractivity (Wildman–Crippen MR) is 126 cm³/mol. The summed E-state index contributed by atoms with van der Waals surface area (Å²) in [6.07, 6.45) is 3.43. The van der Waals surface area contributed by atoms with E-state index < -0.39 is 0 Å². The second-order valence-corrected chi connectivity index (χ2v) is 11.5.